The number of rotatable bonds is 7. The first kappa shape index (κ1) is 20.6. The molecule has 0 aliphatic carbocycles. The number of para-hydroxylation sites is 1. The molecule has 0 aliphatic rings. The molecule has 0 N–H and O–H groups in total. The van der Waals surface area contributed by atoms with E-state index in [2.05, 4.69) is 20.4 Å². The topological polar surface area (TPSA) is 126 Å². The molecule has 10 nitrogen and oxygen atoms in total. The lowest BCUT2D eigenvalue weighted by atomic mass is 10.2. The Labute approximate surface area is 191 Å². The summed E-state index contributed by atoms with van der Waals surface area (Å²) in [6.07, 6.45) is 1.62. The average Bonchev–Trinajstić information content (AvgIpc) is 3.58. The summed E-state index contributed by atoms with van der Waals surface area (Å²) in [5.74, 6) is 2.49. The molecule has 5 aromatic rings. The number of hydrogen-bond donors (Lipinski definition) is 0. The van der Waals surface area contributed by atoms with E-state index < -0.39 is 4.92 Å². The predicted molar refractivity (Wildman–Crippen MR) is 120 cm³/mol. The first-order chi connectivity index (χ1) is 16.1. The van der Waals surface area contributed by atoms with Crippen molar-refractivity contribution in [3.8, 4) is 28.5 Å². The minimum Gasteiger partial charge on any atom is -0.469 e. The van der Waals surface area contributed by atoms with Gasteiger partial charge in [-0.3, -0.25) is 14.7 Å². The quantitative estimate of drug-likeness (QED) is 0.185. The summed E-state index contributed by atoms with van der Waals surface area (Å²) in [6.45, 7) is 1.88. The van der Waals surface area contributed by atoms with Crippen molar-refractivity contribution < 1.29 is 13.8 Å². The molecule has 0 spiro atoms. The second-order valence-corrected chi connectivity index (χ2v) is 7.90. The average molecular weight is 460 g/mol. The van der Waals surface area contributed by atoms with Crippen LogP contribution in [0.3, 0.4) is 0 Å². The Balaban J connectivity index is 1.40. The summed E-state index contributed by atoms with van der Waals surface area (Å²) < 4.78 is 13.2. The third-order valence-corrected chi connectivity index (χ3v) is 5.78. The molecule has 0 radical (unpaired) electrons. The van der Waals surface area contributed by atoms with E-state index in [-0.39, 0.29) is 5.69 Å². The lowest BCUT2D eigenvalue weighted by Crippen LogP contribution is -1.99. The number of hydrogen-bond acceptors (Lipinski definition) is 9. The monoisotopic (exact) mass is 460 g/mol. The van der Waals surface area contributed by atoms with E-state index in [0.29, 0.717) is 34.1 Å². The number of nitro benzene ring substituents is 1. The van der Waals surface area contributed by atoms with Crippen molar-refractivity contribution in [3.63, 3.8) is 0 Å². The highest BCUT2D eigenvalue weighted by Crippen LogP contribution is 2.32. The van der Waals surface area contributed by atoms with Gasteiger partial charge in [0, 0.05) is 23.4 Å². The molecular weight excluding hydrogens is 444 g/mol. The summed E-state index contributed by atoms with van der Waals surface area (Å²) in [4.78, 5) is 10.4. The zero-order valence-corrected chi connectivity index (χ0v) is 18.1. The third kappa shape index (κ3) is 4.13. The first-order valence-electron chi connectivity index (χ1n) is 9.85. The van der Waals surface area contributed by atoms with Gasteiger partial charge in [-0.15, -0.1) is 20.4 Å². The van der Waals surface area contributed by atoms with Crippen molar-refractivity contribution in [2.75, 3.05) is 0 Å². The molecule has 0 saturated carbocycles. The van der Waals surface area contributed by atoms with E-state index >= 15 is 0 Å². The standard InChI is InChI=1S/C22H16N6O4S/c1-14-18(11-12-31-14)20-24-26-22(27(20)16-5-3-2-4-6-16)33-13-19-23-25-21(32-19)15-7-9-17(10-8-15)28(29)30/h2-12H,13H2,1H3. The summed E-state index contributed by atoms with van der Waals surface area (Å²) in [5, 5.41) is 28.4. The Morgan fingerprint density at radius 1 is 1.00 bits per heavy atom. The Kier molecular flexibility index (Phi) is 5.45. The zero-order chi connectivity index (χ0) is 22.8. The summed E-state index contributed by atoms with van der Waals surface area (Å²) in [5.41, 5.74) is 2.38. The summed E-state index contributed by atoms with van der Waals surface area (Å²) in [6, 6.07) is 17.6. The highest BCUT2D eigenvalue weighted by molar-refractivity contribution is 7.98. The van der Waals surface area contributed by atoms with E-state index in [0.717, 1.165) is 17.0 Å². The molecule has 2 aromatic carbocycles. The minimum absolute atomic E-state index is 0.00189. The highest BCUT2D eigenvalue weighted by atomic mass is 32.2. The number of nitrogens with zero attached hydrogens (tertiary/aromatic N) is 6. The number of benzene rings is 2. The second-order valence-electron chi connectivity index (χ2n) is 6.96. The van der Waals surface area contributed by atoms with Gasteiger partial charge in [-0.05, 0) is 37.3 Å². The maximum atomic E-state index is 10.8. The number of nitro groups is 1. The minimum atomic E-state index is -0.457. The molecule has 5 rings (SSSR count). The van der Waals surface area contributed by atoms with Crippen LogP contribution >= 0.6 is 11.8 Å². The van der Waals surface area contributed by atoms with Gasteiger partial charge in [0.1, 0.15) is 5.76 Å². The van der Waals surface area contributed by atoms with Gasteiger partial charge in [-0.1, -0.05) is 30.0 Å². The SMILES string of the molecule is Cc1occc1-c1nnc(SCc2nnc(-c3ccc([N+](=O)[O-])cc3)o2)n1-c1ccccc1. The highest BCUT2D eigenvalue weighted by Gasteiger charge is 2.20. The Bertz CT molecular complexity index is 1410. The molecule has 3 aromatic heterocycles. The fraction of sp³-hybridized carbons (Fsp3) is 0.0909. The van der Waals surface area contributed by atoms with Gasteiger partial charge in [0.2, 0.25) is 11.8 Å². The van der Waals surface area contributed by atoms with Crippen molar-refractivity contribution >= 4 is 17.4 Å². The lowest BCUT2D eigenvalue weighted by Gasteiger charge is -2.09. The van der Waals surface area contributed by atoms with Gasteiger partial charge in [-0.2, -0.15) is 0 Å². The van der Waals surface area contributed by atoms with E-state index in [1.807, 2.05) is 47.9 Å². The summed E-state index contributed by atoms with van der Waals surface area (Å²) >= 11 is 1.41. The molecule has 0 aliphatic heterocycles. The van der Waals surface area contributed by atoms with E-state index in [4.69, 9.17) is 8.83 Å². The van der Waals surface area contributed by atoms with Crippen LogP contribution in [0.25, 0.3) is 28.5 Å². The first-order valence-corrected chi connectivity index (χ1v) is 10.8. The third-order valence-electron chi connectivity index (χ3n) is 4.86. The Morgan fingerprint density at radius 2 is 1.79 bits per heavy atom. The fourth-order valence-electron chi connectivity index (χ4n) is 3.25. The maximum absolute atomic E-state index is 10.8. The summed E-state index contributed by atoms with van der Waals surface area (Å²) in [7, 11) is 0. The van der Waals surface area contributed by atoms with Crippen LogP contribution in [0.4, 0.5) is 5.69 Å². The number of non-ortho nitro benzene ring substituents is 1. The number of aryl methyl sites for hydroxylation is 1. The van der Waals surface area contributed by atoms with Crippen molar-refractivity contribution in [2.24, 2.45) is 0 Å². The second kappa shape index (κ2) is 8.71. The van der Waals surface area contributed by atoms with Crippen LogP contribution < -0.4 is 0 Å². The van der Waals surface area contributed by atoms with Crippen molar-refractivity contribution in [2.45, 2.75) is 17.8 Å². The van der Waals surface area contributed by atoms with Crippen LogP contribution in [0.15, 0.2) is 80.9 Å². The molecule has 0 amide bonds. The van der Waals surface area contributed by atoms with E-state index in [1.165, 1.54) is 23.9 Å². The molecule has 3 heterocycles. The normalized spacial score (nSPS) is 11.1. The maximum Gasteiger partial charge on any atom is 0.269 e. The fourth-order valence-corrected chi connectivity index (χ4v) is 4.03. The molecule has 0 saturated heterocycles. The lowest BCUT2D eigenvalue weighted by molar-refractivity contribution is -0.384. The van der Waals surface area contributed by atoms with Crippen LogP contribution in [0.5, 0.6) is 0 Å². The van der Waals surface area contributed by atoms with Gasteiger partial charge in [0.15, 0.2) is 11.0 Å². The van der Waals surface area contributed by atoms with Crippen LogP contribution in [0.1, 0.15) is 11.7 Å². The predicted octanol–water partition coefficient (Wildman–Crippen LogP) is 5.09. The van der Waals surface area contributed by atoms with E-state index in [1.54, 1.807) is 18.4 Å². The van der Waals surface area contributed by atoms with Crippen LogP contribution in [0, 0.1) is 17.0 Å². The molecule has 0 unspecified atom stereocenters. The van der Waals surface area contributed by atoms with Crippen molar-refractivity contribution in [1.29, 1.82) is 0 Å². The Morgan fingerprint density at radius 3 is 2.48 bits per heavy atom. The number of furan rings is 1. The van der Waals surface area contributed by atoms with Gasteiger partial charge < -0.3 is 8.83 Å². The zero-order valence-electron chi connectivity index (χ0n) is 17.3. The molecule has 0 fully saturated rings. The van der Waals surface area contributed by atoms with Crippen LogP contribution in [-0.4, -0.2) is 29.9 Å². The molecular formula is C22H16N6O4S. The number of thioether (sulfide) groups is 1. The van der Waals surface area contributed by atoms with Gasteiger partial charge in [0.25, 0.3) is 5.69 Å². The molecule has 164 valence electrons. The Hall–Kier alpha value is -4.25. The van der Waals surface area contributed by atoms with Crippen molar-refractivity contribution in [3.05, 3.63) is 88.7 Å². The number of aromatic nitrogens is 5. The molecule has 33 heavy (non-hydrogen) atoms. The molecule has 0 bridgehead atoms. The van der Waals surface area contributed by atoms with Crippen LogP contribution in [0.2, 0.25) is 0 Å². The van der Waals surface area contributed by atoms with Crippen LogP contribution in [-0.2, 0) is 5.75 Å². The van der Waals surface area contributed by atoms with Gasteiger partial charge in [0.05, 0.1) is 22.5 Å². The van der Waals surface area contributed by atoms with E-state index in [9.17, 15) is 10.1 Å². The van der Waals surface area contributed by atoms with Gasteiger partial charge in [-0.25, -0.2) is 0 Å². The van der Waals surface area contributed by atoms with Gasteiger partial charge >= 0.3 is 0 Å². The largest absolute Gasteiger partial charge is 0.469 e. The molecule has 0 atom stereocenters. The van der Waals surface area contributed by atoms with Crippen molar-refractivity contribution in [1.82, 2.24) is 25.0 Å². The molecule has 11 heteroatoms. The smallest absolute Gasteiger partial charge is 0.269 e.